The third-order valence-electron chi connectivity index (χ3n) is 4.28. The van der Waals surface area contributed by atoms with E-state index in [0.717, 1.165) is 19.5 Å². The summed E-state index contributed by atoms with van der Waals surface area (Å²) in [4.78, 5) is 20.3. The van der Waals surface area contributed by atoms with E-state index >= 15 is 0 Å². The molecule has 1 amide bonds. The number of pyridine rings is 1. The first-order valence-corrected chi connectivity index (χ1v) is 7.20. The Balaban J connectivity index is 1.76. The summed E-state index contributed by atoms with van der Waals surface area (Å²) in [5.41, 5.74) is 12.2. The standard InChI is InChI=1S/C14H21N5O/c15-11-3-4-12(13(16)20)17-14(11)19-8-5-10(9-19)18-6-1-2-7-18/h3-4,10H,1-2,5-9,15H2,(H2,16,20). The fourth-order valence-corrected chi connectivity index (χ4v) is 3.19. The maximum absolute atomic E-state index is 11.2. The van der Waals surface area contributed by atoms with Crippen LogP contribution in [0.3, 0.4) is 0 Å². The maximum atomic E-state index is 11.2. The number of nitrogen functional groups attached to an aromatic ring is 1. The molecule has 1 unspecified atom stereocenters. The van der Waals surface area contributed by atoms with Gasteiger partial charge in [0.2, 0.25) is 0 Å². The zero-order valence-corrected chi connectivity index (χ0v) is 11.6. The van der Waals surface area contributed by atoms with Crippen LogP contribution in [0, 0.1) is 0 Å². The predicted molar refractivity (Wildman–Crippen MR) is 78.6 cm³/mol. The Morgan fingerprint density at radius 3 is 2.70 bits per heavy atom. The topological polar surface area (TPSA) is 88.5 Å². The van der Waals surface area contributed by atoms with Crippen LogP contribution >= 0.6 is 0 Å². The molecule has 2 aliphatic rings. The molecule has 20 heavy (non-hydrogen) atoms. The van der Waals surface area contributed by atoms with Gasteiger partial charge >= 0.3 is 0 Å². The van der Waals surface area contributed by atoms with Crippen molar-refractivity contribution in [3.8, 4) is 0 Å². The van der Waals surface area contributed by atoms with Crippen LogP contribution in [0.5, 0.6) is 0 Å². The molecule has 0 aromatic carbocycles. The number of aromatic nitrogens is 1. The highest BCUT2D eigenvalue weighted by Gasteiger charge is 2.30. The van der Waals surface area contributed by atoms with E-state index in [1.54, 1.807) is 12.1 Å². The summed E-state index contributed by atoms with van der Waals surface area (Å²) in [6.45, 7) is 4.26. The number of anilines is 2. The lowest BCUT2D eigenvalue weighted by Gasteiger charge is -2.24. The summed E-state index contributed by atoms with van der Waals surface area (Å²) < 4.78 is 0. The molecule has 0 spiro atoms. The van der Waals surface area contributed by atoms with Crippen LogP contribution in [-0.4, -0.2) is 48.0 Å². The van der Waals surface area contributed by atoms with Gasteiger partial charge in [0.25, 0.3) is 5.91 Å². The largest absolute Gasteiger partial charge is 0.396 e. The van der Waals surface area contributed by atoms with Crippen LogP contribution in [0.25, 0.3) is 0 Å². The summed E-state index contributed by atoms with van der Waals surface area (Å²) in [6.07, 6.45) is 3.73. The maximum Gasteiger partial charge on any atom is 0.267 e. The van der Waals surface area contributed by atoms with Crippen LogP contribution in [0.1, 0.15) is 29.8 Å². The molecule has 6 nitrogen and oxygen atoms in total. The number of carbonyl (C=O) groups excluding carboxylic acids is 1. The van der Waals surface area contributed by atoms with Crippen molar-refractivity contribution in [3.63, 3.8) is 0 Å². The molecular weight excluding hydrogens is 254 g/mol. The molecule has 2 fully saturated rings. The summed E-state index contributed by atoms with van der Waals surface area (Å²) in [5, 5.41) is 0. The number of likely N-dealkylation sites (tertiary alicyclic amines) is 1. The van der Waals surface area contributed by atoms with E-state index < -0.39 is 5.91 Å². The Labute approximate surface area is 118 Å². The number of hydrogen-bond acceptors (Lipinski definition) is 5. The number of hydrogen-bond donors (Lipinski definition) is 2. The number of primary amides is 1. The van der Waals surface area contributed by atoms with Gasteiger partial charge in [-0.3, -0.25) is 9.69 Å². The van der Waals surface area contributed by atoms with Gasteiger partial charge in [0, 0.05) is 19.1 Å². The minimum Gasteiger partial charge on any atom is -0.396 e. The lowest BCUT2D eigenvalue weighted by molar-refractivity contribution is 0.0995. The van der Waals surface area contributed by atoms with E-state index in [-0.39, 0.29) is 5.69 Å². The summed E-state index contributed by atoms with van der Waals surface area (Å²) in [6, 6.07) is 3.87. The van der Waals surface area contributed by atoms with E-state index in [1.165, 1.54) is 25.9 Å². The van der Waals surface area contributed by atoms with Crippen molar-refractivity contribution in [3.05, 3.63) is 17.8 Å². The van der Waals surface area contributed by atoms with E-state index in [9.17, 15) is 4.79 Å². The Morgan fingerprint density at radius 1 is 1.25 bits per heavy atom. The zero-order chi connectivity index (χ0) is 14.1. The number of carbonyl (C=O) groups is 1. The second kappa shape index (κ2) is 5.28. The van der Waals surface area contributed by atoms with E-state index in [0.29, 0.717) is 17.5 Å². The third kappa shape index (κ3) is 2.43. The third-order valence-corrected chi connectivity index (χ3v) is 4.28. The Bertz CT molecular complexity index is 512. The van der Waals surface area contributed by atoms with Gasteiger partial charge in [-0.15, -0.1) is 0 Å². The van der Waals surface area contributed by atoms with Crippen LogP contribution < -0.4 is 16.4 Å². The summed E-state index contributed by atoms with van der Waals surface area (Å²) in [7, 11) is 0. The lowest BCUT2D eigenvalue weighted by atomic mass is 10.2. The minimum absolute atomic E-state index is 0.277. The van der Waals surface area contributed by atoms with Gasteiger partial charge in [-0.25, -0.2) is 4.98 Å². The predicted octanol–water partition coefficient (Wildman–Crippen LogP) is 0.437. The van der Waals surface area contributed by atoms with Crippen LogP contribution in [0.15, 0.2) is 12.1 Å². The molecule has 0 bridgehead atoms. The molecule has 3 heterocycles. The first-order chi connectivity index (χ1) is 9.65. The van der Waals surface area contributed by atoms with E-state index in [1.807, 2.05) is 0 Å². The quantitative estimate of drug-likeness (QED) is 0.835. The van der Waals surface area contributed by atoms with Gasteiger partial charge in [0.05, 0.1) is 5.69 Å². The van der Waals surface area contributed by atoms with E-state index in [2.05, 4.69) is 14.8 Å². The number of nitrogens with zero attached hydrogens (tertiary/aromatic N) is 3. The van der Waals surface area contributed by atoms with Crippen LogP contribution in [-0.2, 0) is 0 Å². The molecule has 2 aliphatic heterocycles. The van der Waals surface area contributed by atoms with Crippen molar-refractivity contribution < 1.29 is 4.79 Å². The number of amides is 1. The normalized spacial score (nSPS) is 23.4. The molecule has 0 radical (unpaired) electrons. The molecule has 6 heteroatoms. The zero-order valence-electron chi connectivity index (χ0n) is 11.6. The fourth-order valence-electron chi connectivity index (χ4n) is 3.19. The summed E-state index contributed by atoms with van der Waals surface area (Å²) >= 11 is 0. The first kappa shape index (κ1) is 13.2. The fraction of sp³-hybridized carbons (Fsp3) is 0.571. The summed E-state index contributed by atoms with van der Waals surface area (Å²) in [5.74, 6) is 0.185. The molecule has 1 atom stereocenters. The average molecular weight is 275 g/mol. The molecular formula is C14H21N5O. The first-order valence-electron chi connectivity index (χ1n) is 7.20. The molecule has 1 aromatic heterocycles. The Kier molecular flexibility index (Phi) is 3.48. The smallest absolute Gasteiger partial charge is 0.267 e. The monoisotopic (exact) mass is 275 g/mol. The van der Waals surface area contributed by atoms with Crippen LogP contribution in [0.2, 0.25) is 0 Å². The van der Waals surface area contributed by atoms with Crippen molar-refractivity contribution in [2.24, 2.45) is 5.73 Å². The van der Waals surface area contributed by atoms with Gasteiger partial charge in [-0.2, -0.15) is 0 Å². The van der Waals surface area contributed by atoms with Gasteiger partial charge in [0.15, 0.2) is 5.82 Å². The highest BCUT2D eigenvalue weighted by molar-refractivity contribution is 5.91. The second-order valence-corrected chi connectivity index (χ2v) is 5.61. The second-order valence-electron chi connectivity index (χ2n) is 5.61. The van der Waals surface area contributed by atoms with Crippen molar-refractivity contribution >= 4 is 17.4 Å². The molecule has 2 saturated heterocycles. The van der Waals surface area contributed by atoms with Crippen molar-refractivity contribution in [1.82, 2.24) is 9.88 Å². The SMILES string of the molecule is NC(=O)c1ccc(N)c(N2CCC(N3CCCC3)C2)n1. The highest BCUT2D eigenvalue weighted by Crippen LogP contribution is 2.28. The molecule has 0 saturated carbocycles. The Hall–Kier alpha value is -1.82. The average Bonchev–Trinajstić information content (AvgIpc) is 3.10. The molecule has 108 valence electrons. The molecule has 4 N–H and O–H groups in total. The van der Waals surface area contributed by atoms with Crippen molar-refractivity contribution in [1.29, 1.82) is 0 Å². The lowest BCUT2D eigenvalue weighted by Crippen LogP contribution is -2.35. The highest BCUT2D eigenvalue weighted by atomic mass is 16.1. The van der Waals surface area contributed by atoms with Crippen molar-refractivity contribution in [2.45, 2.75) is 25.3 Å². The Morgan fingerprint density at radius 2 is 2.00 bits per heavy atom. The number of nitrogens with two attached hydrogens (primary N) is 2. The molecule has 0 aliphatic carbocycles. The molecule has 3 rings (SSSR count). The molecule has 1 aromatic rings. The van der Waals surface area contributed by atoms with Gasteiger partial charge in [-0.05, 0) is 44.5 Å². The van der Waals surface area contributed by atoms with E-state index in [4.69, 9.17) is 11.5 Å². The van der Waals surface area contributed by atoms with Gasteiger partial charge < -0.3 is 16.4 Å². The van der Waals surface area contributed by atoms with Gasteiger partial charge in [-0.1, -0.05) is 0 Å². The van der Waals surface area contributed by atoms with Gasteiger partial charge in [0.1, 0.15) is 5.69 Å². The minimum atomic E-state index is -0.512. The number of rotatable bonds is 3. The van der Waals surface area contributed by atoms with Crippen LogP contribution in [0.4, 0.5) is 11.5 Å². The van der Waals surface area contributed by atoms with Crippen molar-refractivity contribution in [2.75, 3.05) is 36.8 Å².